The van der Waals surface area contributed by atoms with Crippen LogP contribution in [-0.2, 0) is 0 Å². The minimum atomic E-state index is 0. The number of rotatable bonds is 9. The number of nitrogens with zero attached hydrogens (tertiary/aromatic N) is 3. The van der Waals surface area contributed by atoms with E-state index in [0.717, 1.165) is 38.1 Å². The van der Waals surface area contributed by atoms with Gasteiger partial charge in [-0.2, -0.15) is 0 Å². The van der Waals surface area contributed by atoms with Gasteiger partial charge in [0.2, 0.25) is 0 Å². The molecule has 2 N–H and O–H groups in total. The van der Waals surface area contributed by atoms with Crippen molar-refractivity contribution in [2.24, 2.45) is 10.9 Å². The van der Waals surface area contributed by atoms with Crippen molar-refractivity contribution < 1.29 is 0 Å². The lowest BCUT2D eigenvalue weighted by Gasteiger charge is -2.21. The summed E-state index contributed by atoms with van der Waals surface area (Å²) in [5.74, 6) is 1.78. The Kier molecular flexibility index (Phi) is 15.1. The molecular formula is C18H40IN5. The molecule has 1 saturated heterocycles. The molecule has 0 unspecified atom stereocenters. The van der Waals surface area contributed by atoms with E-state index in [1.165, 1.54) is 51.9 Å². The Hall–Kier alpha value is -0.0800. The third kappa shape index (κ3) is 12.3. The lowest BCUT2D eigenvalue weighted by atomic mass is 10.1. The van der Waals surface area contributed by atoms with Gasteiger partial charge in [-0.25, -0.2) is 0 Å². The number of halogens is 1. The zero-order valence-electron chi connectivity index (χ0n) is 16.3. The highest BCUT2D eigenvalue weighted by atomic mass is 127. The number of hydrogen-bond acceptors (Lipinski definition) is 3. The molecule has 144 valence electrons. The first kappa shape index (κ1) is 23.9. The van der Waals surface area contributed by atoms with Gasteiger partial charge < -0.3 is 20.4 Å². The fourth-order valence-electron chi connectivity index (χ4n) is 2.85. The summed E-state index contributed by atoms with van der Waals surface area (Å²) in [6.07, 6.45) is 5.05. The van der Waals surface area contributed by atoms with E-state index >= 15 is 0 Å². The van der Waals surface area contributed by atoms with Crippen molar-refractivity contribution in [1.29, 1.82) is 0 Å². The predicted octanol–water partition coefficient (Wildman–Crippen LogP) is 2.62. The lowest BCUT2D eigenvalue weighted by Crippen LogP contribution is -2.42. The zero-order valence-corrected chi connectivity index (χ0v) is 18.6. The molecule has 0 radical (unpaired) electrons. The molecule has 6 heteroatoms. The molecule has 0 bridgehead atoms. The number of aliphatic imine (C=N–C) groups is 1. The molecule has 0 atom stereocenters. The molecule has 1 fully saturated rings. The average Bonchev–Trinajstić information content (AvgIpc) is 2.71. The van der Waals surface area contributed by atoms with E-state index < -0.39 is 0 Å². The summed E-state index contributed by atoms with van der Waals surface area (Å²) in [5, 5.41) is 6.83. The van der Waals surface area contributed by atoms with Crippen molar-refractivity contribution in [1.82, 2.24) is 20.4 Å². The second-order valence-electron chi connectivity index (χ2n) is 7.08. The molecule has 0 aromatic carbocycles. The van der Waals surface area contributed by atoms with Crippen LogP contribution in [0, 0.1) is 5.92 Å². The van der Waals surface area contributed by atoms with Gasteiger partial charge in [-0.3, -0.25) is 4.99 Å². The Bertz CT molecular complexity index is 323. The topological polar surface area (TPSA) is 42.9 Å². The van der Waals surface area contributed by atoms with E-state index in [9.17, 15) is 0 Å². The molecule has 0 spiro atoms. The summed E-state index contributed by atoms with van der Waals surface area (Å²) < 4.78 is 0. The number of likely N-dealkylation sites (N-methyl/N-ethyl adjacent to an activating group) is 1. The van der Waals surface area contributed by atoms with Crippen molar-refractivity contribution in [2.45, 2.75) is 46.5 Å². The second-order valence-corrected chi connectivity index (χ2v) is 7.08. The summed E-state index contributed by atoms with van der Waals surface area (Å²) in [5.41, 5.74) is 0. The van der Waals surface area contributed by atoms with Gasteiger partial charge in [0.05, 0.1) is 0 Å². The van der Waals surface area contributed by atoms with Gasteiger partial charge >= 0.3 is 0 Å². The van der Waals surface area contributed by atoms with Crippen molar-refractivity contribution >= 4 is 29.9 Å². The van der Waals surface area contributed by atoms with Crippen LogP contribution in [0.5, 0.6) is 0 Å². The van der Waals surface area contributed by atoms with E-state index in [1.807, 2.05) is 0 Å². The molecule has 5 nitrogen and oxygen atoms in total. The molecule has 0 aliphatic carbocycles. The first-order valence-corrected chi connectivity index (χ1v) is 9.55. The molecule has 1 heterocycles. The van der Waals surface area contributed by atoms with Crippen LogP contribution in [0.2, 0.25) is 0 Å². The standard InChI is InChI=1S/C18H39N5.HI/c1-5-19-18(20-10-7-6-9-17(2)3)21-11-14-23-13-8-12-22(4)15-16-23;/h17H,5-16H2,1-4H3,(H2,19,20,21);1H. The van der Waals surface area contributed by atoms with E-state index in [-0.39, 0.29) is 24.0 Å². The number of nitrogens with one attached hydrogen (secondary N) is 2. The molecule has 1 rings (SSSR count). The van der Waals surface area contributed by atoms with Crippen LogP contribution in [0.15, 0.2) is 4.99 Å². The molecule has 0 aromatic rings. The van der Waals surface area contributed by atoms with Crippen LogP contribution in [0.3, 0.4) is 0 Å². The molecular weight excluding hydrogens is 413 g/mol. The Balaban J connectivity index is 0.00000529. The average molecular weight is 453 g/mol. The van der Waals surface area contributed by atoms with Gasteiger partial charge in [0.15, 0.2) is 5.96 Å². The van der Waals surface area contributed by atoms with Crippen molar-refractivity contribution in [3.63, 3.8) is 0 Å². The third-order valence-electron chi connectivity index (χ3n) is 4.34. The SMILES string of the molecule is CCNC(=NCCCCC(C)C)NCCN1CCCN(C)CC1.I. The smallest absolute Gasteiger partial charge is 0.191 e. The normalized spacial score (nSPS) is 17.5. The highest BCUT2D eigenvalue weighted by Gasteiger charge is 2.11. The van der Waals surface area contributed by atoms with Gasteiger partial charge in [0.25, 0.3) is 0 Å². The Morgan fingerprint density at radius 1 is 1.08 bits per heavy atom. The fourth-order valence-corrected chi connectivity index (χ4v) is 2.85. The number of guanidine groups is 1. The molecule has 0 amide bonds. The first-order chi connectivity index (χ1) is 11.1. The van der Waals surface area contributed by atoms with Gasteiger partial charge in [-0.15, -0.1) is 24.0 Å². The van der Waals surface area contributed by atoms with Gasteiger partial charge in [-0.1, -0.05) is 26.7 Å². The molecule has 0 aromatic heterocycles. The summed E-state index contributed by atoms with van der Waals surface area (Å²) in [4.78, 5) is 9.68. The van der Waals surface area contributed by atoms with Gasteiger partial charge in [0.1, 0.15) is 0 Å². The van der Waals surface area contributed by atoms with E-state index in [4.69, 9.17) is 4.99 Å². The third-order valence-corrected chi connectivity index (χ3v) is 4.34. The Morgan fingerprint density at radius 3 is 2.58 bits per heavy atom. The molecule has 1 aliphatic rings. The fraction of sp³-hybridized carbons (Fsp3) is 0.944. The van der Waals surface area contributed by atoms with E-state index in [0.29, 0.717) is 0 Å². The van der Waals surface area contributed by atoms with Crippen LogP contribution in [0.1, 0.15) is 46.5 Å². The number of hydrogen-bond donors (Lipinski definition) is 2. The summed E-state index contributed by atoms with van der Waals surface area (Å²) in [6.45, 7) is 15.4. The highest BCUT2D eigenvalue weighted by Crippen LogP contribution is 2.05. The maximum absolute atomic E-state index is 4.69. The number of unbranched alkanes of at least 4 members (excludes halogenated alkanes) is 1. The molecule has 1 aliphatic heterocycles. The molecule has 0 saturated carbocycles. The summed E-state index contributed by atoms with van der Waals surface area (Å²) >= 11 is 0. The van der Waals surface area contributed by atoms with Crippen LogP contribution in [0.25, 0.3) is 0 Å². The maximum atomic E-state index is 4.69. The largest absolute Gasteiger partial charge is 0.357 e. The van der Waals surface area contributed by atoms with Crippen molar-refractivity contribution in [2.75, 3.05) is 59.4 Å². The minimum Gasteiger partial charge on any atom is -0.357 e. The molecule has 24 heavy (non-hydrogen) atoms. The van der Waals surface area contributed by atoms with E-state index in [1.54, 1.807) is 0 Å². The highest BCUT2D eigenvalue weighted by molar-refractivity contribution is 14.0. The van der Waals surface area contributed by atoms with E-state index in [2.05, 4.69) is 48.3 Å². The minimum absolute atomic E-state index is 0. The Morgan fingerprint density at radius 2 is 1.88 bits per heavy atom. The Labute approximate surface area is 167 Å². The van der Waals surface area contributed by atoms with Crippen molar-refractivity contribution in [3.8, 4) is 0 Å². The predicted molar refractivity (Wildman–Crippen MR) is 117 cm³/mol. The zero-order chi connectivity index (χ0) is 16.9. The quantitative estimate of drug-likeness (QED) is 0.244. The second kappa shape index (κ2) is 15.2. The van der Waals surface area contributed by atoms with Crippen LogP contribution in [-0.4, -0.2) is 75.2 Å². The monoisotopic (exact) mass is 453 g/mol. The van der Waals surface area contributed by atoms with Crippen LogP contribution >= 0.6 is 24.0 Å². The van der Waals surface area contributed by atoms with Gasteiger partial charge in [-0.05, 0) is 45.8 Å². The van der Waals surface area contributed by atoms with Gasteiger partial charge in [0, 0.05) is 39.3 Å². The van der Waals surface area contributed by atoms with Crippen molar-refractivity contribution in [3.05, 3.63) is 0 Å². The maximum Gasteiger partial charge on any atom is 0.191 e. The first-order valence-electron chi connectivity index (χ1n) is 9.55. The summed E-state index contributed by atoms with van der Waals surface area (Å²) in [7, 11) is 2.22. The van der Waals surface area contributed by atoms with Crippen LogP contribution in [0.4, 0.5) is 0 Å². The van der Waals surface area contributed by atoms with Crippen LogP contribution < -0.4 is 10.6 Å². The lowest BCUT2D eigenvalue weighted by molar-refractivity contribution is 0.280. The summed E-state index contributed by atoms with van der Waals surface area (Å²) in [6, 6.07) is 0.